The first-order valence-electron chi connectivity index (χ1n) is 8.74. The van der Waals surface area contributed by atoms with E-state index < -0.39 is 26.7 Å². The number of carbonyl (C=O) groups excluding carboxylic acids is 1. The Labute approximate surface area is 188 Å². The fourth-order valence-electron chi connectivity index (χ4n) is 2.67. The van der Waals surface area contributed by atoms with E-state index in [-0.39, 0.29) is 25.7 Å². The van der Waals surface area contributed by atoms with Crippen LogP contribution in [-0.2, 0) is 10.0 Å². The monoisotopic (exact) mass is 493 g/mol. The van der Waals surface area contributed by atoms with Crippen molar-refractivity contribution in [2.24, 2.45) is 0 Å². The molecule has 0 fully saturated rings. The van der Waals surface area contributed by atoms with Crippen LogP contribution in [0.2, 0.25) is 0 Å². The van der Waals surface area contributed by atoms with E-state index in [4.69, 9.17) is 0 Å². The van der Waals surface area contributed by atoms with Crippen LogP contribution in [0.5, 0.6) is 0 Å². The Morgan fingerprint density at radius 1 is 1.09 bits per heavy atom. The first-order valence-corrected chi connectivity index (χ1v) is 11.9. The Morgan fingerprint density at radius 3 is 2.50 bits per heavy atom. The Bertz CT molecular complexity index is 1460. The minimum Gasteiger partial charge on any atom is -0.297 e. The van der Waals surface area contributed by atoms with Crippen LogP contribution in [0.1, 0.15) is 15.4 Å². The zero-order chi connectivity index (χ0) is 23.0. The highest BCUT2D eigenvalue weighted by Gasteiger charge is 2.21. The molecule has 0 aliphatic rings. The summed E-state index contributed by atoms with van der Waals surface area (Å²) in [5.41, 5.74) is 0.695. The van der Waals surface area contributed by atoms with Crippen molar-refractivity contribution in [3.8, 4) is 0 Å². The van der Waals surface area contributed by atoms with Crippen LogP contribution in [0.15, 0.2) is 47.4 Å². The number of fused-ring (bicyclic) bond motifs is 1. The van der Waals surface area contributed by atoms with Gasteiger partial charge < -0.3 is 0 Å². The number of nitrogens with zero attached hydrogens (tertiary/aromatic N) is 3. The zero-order valence-electron chi connectivity index (χ0n) is 16.0. The molecule has 2 N–H and O–H groups in total. The molecule has 0 bridgehead atoms. The molecule has 2 aromatic carbocycles. The largest absolute Gasteiger partial charge is 0.297 e. The lowest BCUT2D eigenvalue weighted by Gasteiger charge is -2.04. The van der Waals surface area contributed by atoms with E-state index in [0.29, 0.717) is 15.9 Å². The van der Waals surface area contributed by atoms with Gasteiger partial charge in [-0.1, -0.05) is 22.7 Å². The zero-order valence-corrected chi connectivity index (χ0v) is 18.5. The first-order chi connectivity index (χ1) is 15.1. The third-order valence-electron chi connectivity index (χ3n) is 4.15. The molecule has 0 aliphatic heterocycles. The van der Waals surface area contributed by atoms with Gasteiger partial charge in [-0.3, -0.25) is 24.9 Å². The summed E-state index contributed by atoms with van der Waals surface area (Å²) in [6.07, 6.45) is 0. The van der Waals surface area contributed by atoms with E-state index in [1.807, 2.05) is 0 Å². The molecule has 2 aromatic heterocycles. The fraction of sp³-hybridized carbons (Fsp3) is 0.0556. The number of rotatable bonds is 6. The minimum absolute atomic E-state index is 0.0306. The number of benzene rings is 2. The van der Waals surface area contributed by atoms with Gasteiger partial charge in [0, 0.05) is 12.1 Å². The molecule has 14 heteroatoms. The Morgan fingerprint density at radius 2 is 1.81 bits per heavy atom. The average Bonchev–Trinajstić information content (AvgIpc) is 3.29. The summed E-state index contributed by atoms with van der Waals surface area (Å²) in [4.78, 5) is 31.4. The molecule has 2 heterocycles. The standard InChI is InChI=1S/C18H12FN5O5S3/c1-9-15(31-18(20-9)23-32(28,29)12-5-2-10(19)3-6-12)16(25)22-17-21-13-7-4-11(24(26)27)8-14(13)30-17/h2-8H,1H3,(H,20,23)(H,21,22,25). The maximum absolute atomic E-state index is 13.0. The summed E-state index contributed by atoms with van der Waals surface area (Å²) >= 11 is 1.89. The number of thiazole rings is 2. The van der Waals surface area contributed by atoms with Crippen molar-refractivity contribution in [2.45, 2.75) is 11.8 Å². The molecular weight excluding hydrogens is 481 g/mol. The molecule has 0 radical (unpaired) electrons. The summed E-state index contributed by atoms with van der Waals surface area (Å²) in [5, 5.41) is 13.7. The summed E-state index contributed by atoms with van der Waals surface area (Å²) < 4.78 is 40.7. The normalized spacial score (nSPS) is 11.4. The van der Waals surface area contributed by atoms with Crippen molar-refractivity contribution in [3.63, 3.8) is 0 Å². The molecule has 4 aromatic rings. The molecule has 0 atom stereocenters. The maximum Gasteiger partial charge on any atom is 0.270 e. The van der Waals surface area contributed by atoms with Crippen molar-refractivity contribution < 1.29 is 22.5 Å². The van der Waals surface area contributed by atoms with E-state index in [1.54, 1.807) is 6.92 Å². The minimum atomic E-state index is -4.01. The third-order valence-corrected chi connectivity index (χ3v) is 7.64. The highest BCUT2D eigenvalue weighted by atomic mass is 32.2. The lowest BCUT2D eigenvalue weighted by Crippen LogP contribution is -2.12. The van der Waals surface area contributed by atoms with Gasteiger partial charge >= 0.3 is 0 Å². The van der Waals surface area contributed by atoms with Gasteiger partial charge in [-0.2, -0.15) is 0 Å². The van der Waals surface area contributed by atoms with Gasteiger partial charge in [-0.05, 0) is 37.3 Å². The second-order valence-electron chi connectivity index (χ2n) is 6.38. The molecule has 10 nitrogen and oxygen atoms in total. The quantitative estimate of drug-likeness (QED) is 0.303. The van der Waals surface area contributed by atoms with Crippen LogP contribution >= 0.6 is 22.7 Å². The summed E-state index contributed by atoms with van der Waals surface area (Å²) in [6.45, 7) is 1.54. The number of nitro groups is 1. The van der Waals surface area contributed by atoms with Gasteiger partial charge in [0.15, 0.2) is 10.3 Å². The topological polar surface area (TPSA) is 144 Å². The highest BCUT2D eigenvalue weighted by Crippen LogP contribution is 2.31. The van der Waals surface area contributed by atoms with Gasteiger partial charge in [-0.15, -0.1) is 0 Å². The smallest absolute Gasteiger partial charge is 0.270 e. The molecule has 4 rings (SSSR count). The number of hydrogen-bond acceptors (Lipinski definition) is 9. The van der Waals surface area contributed by atoms with Gasteiger partial charge in [0.1, 0.15) is 10.7 Å². The second-order valence-corrected chi connectivity index (χ2v) is 10.1. The number of hydrogen-bond donors (Lipinski definition) is 2. The molecule has 0 aliphatic carbocycles. The van der Waals surface area contributed by atoms with Gasteiger partial charge in [-0.25, -0.2) is 22.8 Å². The molecule has 0 saturated carbocycles. The average molecular weight is 494 g/mol. The summed E-state index contributed by atoms with van der Waals surface area (Å²) in [7, 11) is -4.01. The summed E-state index contributed by atoms with van der Waals surface area (Å²) in [6, 6.07) is 8.44. The van der Waals surface area contributed by atoms with E-state index in [9.17, 15) is 27.7 Å². The van der Waals surface area contributed by atoms with Gasteiger partial charge in [0.2, 0.25) is 0 Å². The third kappa shape index (κ3) is 4.42. The van der Waals surface area contributed by atoms with Gasteiger partial charge in [0.25, 0.3) is 21.6 Å². The van der Waals surface area contributed by atoms with Crippen molar-refractivity contribution >= 4 is 64.8 Å². The number of amides is 1. The van der Waals surface area contributed by atoms with Crippen molar-refractivity contribution in [2.75, 3.05) is 10.0 Å². The van der Waals surface area contributed by atoms with Crippen molar-refractivity contribution in [1.82, 2.24) is 9.97 Å². The molecule has 0 saturated heterocycles. The van der Waals surface area contributed by atoms with Crippen LogP contribution in [0.3, 0.4) is 0 Å². The number of nitrogens with one attached hydrogen (secondary N) is 2. The number of halogens is 1. The maximum atomic E-state index is 13.0. The number of carbonyl (C=O) groups is 1. The number of anilines is 2. The number of non-ortho nitro benzene ring substituents is 1. The predicted molar refractivity (Wildman–Crippen MR) is 118 cm³/mol. The molecule has 0 spiro atoms. The fourth-order valence-corrected chi connectivity index (χ4v) is 5.66. The number of nitro benzene ring substituents is 1. The first kappa shape index (κ1) is 21.7. The Kier molecular flexibility index (Phi) is 5.58. The van der Waals surface area contributed by atoms with Crippen molar-refractivity contribution in [1.29, 1.82) is 0 Å². The van der Waals surface area contributed by atoms with Crippen LogP contribution in [0, 0.1) is 22.9 Å². The number of sulfonamides is 1. The van der Waals surface area contributed by atoms with E-state index in [0.717, 1.165) is 46.9 Å². The van der Waals surface area contributed by atoms with Crippen LogP contribution in [0.4, 0.5) is 20.3 Å². The highest BCUT2D eigenvalue weighted by molar-refractivity contribution is 7.93. The van der Waals surface area contributed by atoms with Gasteiger partial charge in [0.05, 0.1) is 25.7 Å². The van der Waals surface area contributed by atoms with E-state index in [1.165, 1.54) is 18.2 Å². The molecule has 1 amide bonds. The van der Waals surface area contributed by atoms with Crippen molar-refractivity contribution in [3.05, 3.63) is 69.0 Å². The Hall–Kier alpha value is -3.49. The van der Waals surface area contributed by atoms with Crippen LogP contribution in [0.25, 0.3) is 10.2 Å². The van der Waals surface area contributed by atoms with Crippen LogP contribution in [-0.4, -0.2) is 29.2 Å². The van der Waals surface area contributed by atoms with E-state index in [2.05, 4.69) is 20.0 Å². The molecular formula is C18H12FN5O5S3. The lowest BCUT2D eigenvalue weighted by molar-refractivity contribution is -0.384. The summed E-state index contributed by atoms with van der Waals surface area (Å²) in [5.74, 6) is -1.13. The molecule has 32 heavy (non-hydrogen) atoms. The lowest BCUT2D eigenvalue weighted by atomic mass is 10.3. The Balaban J connectivity index is 1.53. The molecule has 164 valence electrons. The molecule has 0 unspecified atom stereocenters. The SMILES string of the molecule is Cc1nc(NS(=O)(=O)c2ccc(F)cc2)sc1C(=O)Nc1nc2ccc([N+](=O)[O-])cc2s1. The van der Waals surface area contributed by atoms with E-state index >= 15 is 0 Å². The predicted octanol–water partition coefficient (Wildman–Crippen LogP) is 4.16. The number of aryl methyl sites for hydroxylation is 1. The van der Waals surface area contributed by atoms with Crippen LogP contribution < -0.4 is 10.0 Å². The second kappa shape index (κ2) is 8.22. The number of aromatic nitrogens is 2.